The fraction of sp³-hybridized carbons (Fsp3) is 0.0667. The van der Waals surface area contributed by atoms with Crippen molar-refractivity contribution < 1.29 is 4.79 Å². The molecule has 0 spiro atoms. The minimum absolute atomic E-state index is 0.0231. The summed E-state index contributed by atoms with van der Waals surface area (Å²) in [6.45, 7) is 0. The molecule has 106 valence electrons. The first kappa shape index (κ1) is 14.4. The molecule has 2 aliphatic rings. The molecule has 2 N–H and O–H groups in total. The van der Waals surface area contributed by atoms with Crippen LogP contribution in [0.5, 0.6) is 0 Å². The standard InChI is InChI=1S/C12H9NS.C3H3NOS2/c1-3-7-11-9(5-1)13-10-6-2-4-8-12(10)14-11;5-2-1-7-3(6)4-2/h1-8,13H;1H2,(H,4,5,6). The summed E-state index contributed by atoms with van der Waals surface area (Å²) in [5, 5.41) is 5.89. The van der Waals surface area contributed by atoms with Crippen LogP contribution < -0.4 is 10.6 Å². The van der Waals surface area contributed by atoms with Crippen LogP contribution in [-0.2, 0) is 4.79 Å². The van der Waals surface area contributed by atoms with Crippen LogP contribution in [0.3, 0.4) is 0 Å². The molecule has 1 fully saturated rings. The summed E-state index contributed by atoms with van der Waals surface area (Å²) in [5.41, 5.74) is 2.41. The third kappa shape index (κ3) is 3.58. The van der Waals surface area contributed by atoms with Gasteiger partial charge in [-0.15, -0.1) is 0 Å². The Hall–Kier alpha value is -1.50. The summed E-state index contributed by atoms with van der Waals surface area (Å²) in [4.78, 5) is 12.8. The first-order chi connectivity index (χ1) is 10.2. The second kappa shape index (κ2) is 6.51. The number of nitrogens with one attached hydrogen (secondary N) is 2. The van der Waals surface area contributed by atoms with Crippen molar-refractivity contribution in [2.45, 2.75) is 9.79 Å². The summed E-state index contributed by atoms with van der Waals surface area (Å²) in [6, 6.07) is 16.8. The number of thioether (sulfide) groups is 1. The van der Waals surface area contributed by atoms with E-state index in [1.807, 2.05) is 11.8 Å². The summed E-state index contributed by atoms with van der Waals surface area (Å²) in [7, 11) is 0. The Bertz CT molecular complexity index is 601. The lowest BCUT2D eigenvalue weighted by Crippen LogP contribution is -2.18. The number of anilines is 2. The molecule has 3 nitrogen and oxygen atoms in total. The molecule has 2 aromatic rings. The Kier molecular flexibility index (Phi) is 4.48. The first-order valence-corrected chi connectivity index (χ1v) is 8.53. The van der Waals surface area contributed by atoms with E-state index in [9.17, 15) is 4.79 Å². The van der Waals surface area contributed by atoms with Gasteiger partial charge < -0.3 is 10.6 Å². The van der Waals surface area contributed by atoms with E-state index in [0.717, 1.165) is 0 Å². The van der Waals surface area contributed by atoms with E-state index in [0.29, 0.717) is 10.1 Å². The molecule has 2 aliphatic heterocycles. The van der Waals surface area contributed by atoms with Crippen molar-refractivity contribution in [2.75, 3.05) is 11.1 Å². The van der Waals surface area contributed by atoms with Gasteiger partial charge in [0.2, 0.25) is 5.91 Å². The summed E-state index contributed by atoms with van der Waals surface area (Å²) in [5.74, 6) is 0.522. The van der Waals surface area contributed by atoms with Crippen LogP contribution in [0.1, 0.15) is 0 Å². The molecule has 0 aromatic heterocycles. The number of fused-ring (bicyclic) bond motifs is 2. The van der Waals surface area contributed by atoms with Crippen LogP contribution in [0.2, 0.25) is 0 Å². The maximum absolute atomic E-state index is 10.2. The van der Waals surface area contributed by atoms with Gasteiger partial charge in [0.25, 0.3) is 0 Å². The molecule has 2 aromatic carbocycles. The van der Waals surface area contributed by atoms with E-state index in [4.69, 9.17) is 0 Å². The van der Waals surface area contributed by atoms with E-state index >= 15 is 0 Å². The van der Waals surface area contributed by atoms with Crippen LogP contribution in [0, 0.1) is 0 Å². The zero-order chi connectivity index (χ0) is 14.7. The predicted octanol–water partition coefficient (Wildman–Crippen LogP) is 4.03. The van der Waals surface area contributed by atoms with E-state index < -0.39 is 0 Å². The number of benzene rings is 2. The molecule has 1 amide bonds. The lowest BCUT2D eigenvalue weighted by Gasteiger charge is -2.19. The number of thiocarbonyl (C=S) groups is 1. The first-order valence-electron chi connectivity index (χ1n) is 6.32. The normalized spacial score (nSPS) is 15.0. The zero-order valence-electron chi connectivity index (χ0n) is 11.0. The minimum Gasteiger partial charge on any atom is -0.354 e. The molecule has 0 aliphatic carbocycles. The monoisotopic (exact) mass is 332 g/mol. The van der Waals surface area contributed by atoms with Crippen molar-refractivity contribution in [3.05, 3.63) is 48.5 Å². The van der Waals surface area contributed by atoms with Gasteiger partial charge in [-0.1, -0.05) is 60.0 Å². The van der Waals surface area contributed by atoms with Gasteiger partial charge in [0.1, 0.15) is 4.32 Å². The summed E-state index contributed by atoms with van der Waals surface area (Å²) < 4.78 is 0.602. The third-order valence-electron chi connectivity index (χ3n) is 2.84. The number of hydrogen-bond donors (Lipinski definition) is 2. The molecule has 0 radical (unpaired) electrons. The van der Waals surface area contributed by atoms with E-state index in [1.165, 1.54) is 32.9 Å². The highest BCUT2D eigenvalue weighted by Crippen LogP contribution is 2.43. The quantitative estimate of drug-likeness (QED) is 0.608. The van der Waals surface area contributed by atoms with E-state index in [1.54, 1.807) is 0 Å². The average Bonchev–Trinajstić information content (AvgIpc) is 2.89. The van der Waals surface area contributed by atoms with Crippen LogP contribution in [0.15, 0.2) is 58.3 Å². The van der Waals surface area contributed by atoms with Crippen LogP contribution in [0.4, 0.5) is 11.4 Å². The Labute approximate surface area is 136 Å². The zero-order valence-corrected chi connectivity index (χ0v) is 13.4. The summed E-state index contributed by atoms with van der Waals surface area (Å²) >= 11 is 7.82. The molecule has 2 heterocycles. The van der Waals surface area contributed by atoms with Gasteiger partial charge in [-0.25, -0.2) is 0 Å². The lowest BCUT2D eigenvalue weighted by molar-refractivity contribution is -0.116. The van der Waals surface area contributed by atoms with E-state index in [2.05, 4.69) is 71.4 Å². The Morgan fingerprint density at radius 2 is 1.48 bits per heavy atom. The van der Waals surface area contributed by atoms with Gasteiger partial charge >= 0.3 is 0 Å². The summed E-state index contributed by atoms with van der Waals surface area (Å²) in [6.07, 6.45) is 0. The molecule has 0 atom stereocenters. The molecule has 4 rings (SSSR count). The van der Waals surface area contributed by atoms with Crippen molar-refractivity contribution in [2.24, 2.45) is 0 Å². The van der Waals surface area contributed by atoms with Crippen molar-refractivity contribution in [3.8, 4) is 0 Å². The number of rotatable bonds is 0. The maximum Gasteiger partial charge on any atom is 0.235 e. The largest absolute Gasteiger partial charge is 0.354 e. The Balaban J connectivity index is 0.000000160. The predicted molar refractivity (Wildman–Crippen MR) is 93.5 cm³/mol. The average molecular weight is 332 g/mol. The maximum atomic E-state index is 10.2. The number of para-hydroxylation sites is 2. The highest BCUT2D eigenvalue weighted by atomic mass is 32.2. The molecule has 6 heteroatoms. The van der Waals surface area contributed by atoms with Gasteiger partial charge in [-0.2, -0.15) is 0 Å². The Morgan fingerprint density at radius 1 is 0.905 bits per heavy atom. The highest BCUT2D eigenvalue weighted by molar-refractivity contribution is 8.24. The number of amides is 1. The van der Waals surface area contributed by atoms with Gasteiger partial charge in [0.15, 0.2) is 0 Å². The number of carbonyl (C=O) groups excluding carboxylic acids is 1. The van der Waals surface area contributed by atoms with Crippen LogP contribution in [-0.4, -0.2) is 16.0 Å². The second-order valence-electron chi connectivity index (χ2n) is 4.34. The number of carbonyl (C=O) groups is 1. The van der Waals surface area contributed by atoms with Crippen LogP contribution >= 0.6 is 35.7 Å². The fourth-order valence-corrected chi connectivity index (χ4v) is 3.70. The van der Waals surface area contributed by atoms with Gasteiger partial charge in [-0.3, -0.25) is 4.79 Å². The van der Waals surface area contributed by atoms with E-state index in [-0.39, 0.29) is 5.91 Å². The van der Waals surface area contributed by atoms with Crippen molar-refractivity contribution >= 4 is 57.3 Å². The lowest BCUT2D eigenvalue weighted by atomic mass is 10.2. The van der Waals surface area contributed by atoms with Gasteiger partial charge in [0.05, 0.1) is 17.1 Å². The molecule has 0 saturated carbocycles. The fourth-order valence-electron chi connectivity index (χ4n) is 1.90. The Morgan fingerprint density at radius 3 is 1.90 bits per heavy atom. The molecule has 0 unspecified atom stereocenters. The van der Waals surface area contributed by atoms with Crippen molar-refractivity contribution in [1.29, 1.82) is 0 Å². The molecule has 21 heavy (non-hydrogen) atoms. The highest BCUT2D eigenvalue weighted by Gasteiger charge is 2.13. The molecular weight excluding hydrogens is 320 g/mol. The van der Waals surface area contributed by atoms with Crippen LogP contribution in [0.25, 0.3) is 0 Å². The van der Waals surface area contributed by atoms with Gasteiger partial charge in [0, 0.05) is 9.79 Å². The molecular formula is C15H12N2OS3. The van der Waals surface area contributed by atoms with Crippen molar-refractivity contribution in [1.82, 2.24) is 5.32 Å². The second-order valence-corrected chi connectivity index (χ2v) is 7.08. The molecule has 1 saturated heterocycles. The minimum atomic E-state index is 0.0231. The van der Waals surface area contributed by atoms with Gasteiger partial charge in [-0.05, 0) is 24.3 Å². The number of hydrogen-bond acceptors (Lipinski definition) is 5. The SMILES string of the molecule is O=C1CSC(=S)N1.c1ccc2c(c1)Nc1ccccc1S2. The smallest absolute Gasteiger partial charge is 0.235 e. The third-order valence-corrected chi connectivity index (χ3v) is 5.22. The molecule has 0 bridgehead atoms. The van der Waals surface area contributed by atoms with Crippen molar-refractivity contribution in [3.63, 3.8) is 0 Å². The topological polar surface area (TPSA) is 41.1 Å².